The molecular formula is C21H23N5O2. The van der Waals surface area contributed by atoms with Gasteiger partial charge in [0, 0.05) is 36.8 Å². The maximum atomic E-state index is 12.7. The third kappa shape index (κ3) is 3.88. The zero-order valence-electron chi connectivity index (χ0n) is 15.8. The highest BCUT2D eigenvalue weighted by Crippen LogP contribution is 2.26. The molecule has 4 rings (SSSR count). The van der Waals surface area contributed by atoms with E-state index in [-0.39, 0.29) is 23.9 Å². The highest BCUT2D eigenvalue weighted by atomic mass is 16.2. The highest BCUT2D eigenvalue weighted by molar-refractivity contribution is 5.76. The van der Waals surface area contributed by atoms with Gasteiger partial charge < -0.3 is 9.47 Å². The first-order chi connectivity index (χ1) is 13.6. The Morgan fingerprint density at radius 1 is 1.25 bits per heavy atom. The van der Waals surface area contributed by atoms with Gasteiger partial charge in [-0.3, -0.25) is 14.7 Å². The SMILES string of the molecule is Cc1ccn(CC(=O)N2CCC[C@H](c3nc(-c4ccccc4)n[nH]3)C2)c(=O)c1. The molecule has 2 aromatic heterocycles. The predicted molar refractivity (Wildman–Crippen MR) is 106 cm³/mol. The first kappa shape index (κ1) is 18.2. The molecule has 3 heterocycles. The van der Waals surface area contributed by atoms with Crippen molar-refractivity contribution in [1.29, 1.82) is 0 Å². The van der Waals surface area contributed by atoms with E-state index in [4.69, 9.17) is 0 Å². The Hall–Kier alpha value is -3.22. The van der Waals surface area contributed by atoms with E-state index in [1.54, 1.807) is 12.3 Å². The van der Waals surface area contributed by atoms with Crippen molar-refractivity contribution >= 4 is 5.91 Å². The largest absolute Gasteiger partial charge is 0.340 e. The number of aryl methyl sites for hydroxylation is 1. The fourth-order valence-corrected chi connectivity index (χ4v) is 3.58. The van der Waals surface area contributed by atoms with Gasteiger partial charge in [-0.25, -0.2) is 4.98 Å². The molecule has 28 heavy (non-hydrogen) atoms. The van der Waals surface area contributed by atoms with Crippen LogP contribution in [0.4, 0.5) is 0 Å². The molecule has 0 unspecified atom stereocenters. The van der Waals surface area contributed by atoms with E-state index >= 15 is 0 Å². The Kier molecular flexibility index (Phi) is 5.06. The molecule has 7 heteroatoms. The van der Waals surface area contributed by atoms with Gasteiger partial charge in [0.05, 0.1) is 0 Å². The van der Waals surface area contributed by atoms with E-state index in [0.29, 0.717) is 18.9 Å². The maximum absolute atomic E-state index is 12.7. The topological polar surface area (TPSA) is 83.9 Å². The fourth-order valence-electron chi connectivity index (χ4n) is 3.58. The van der Waals surface area contributed by atoms with E-state index < -0.39 is 0 Å². The number of likely N-dealkylation sites (tertiary alicyclic amines) is 1. The normalized spacial score (nSPS) is 16.9. The second-order valence-corrected chi connectivity index (χ2v) is 7.26. The van der Waals surface area contributed by atoms with Crippen molar-refractivity contribution in [3.8, 4) is 11.4 Å². The number of nitrogens with one attached hydrogen (secondary N) is 1. The summed E-state index contributed by atoms with van der Waals surface area (Å²) < 4.78 is 1.46. The molecule has 144 valence electrons. The van der Waals surface area contributed by atoms with Crippen LogP contribution in [0.3, 0.4) is 0 Å². The third-order valence-corrected chi connectivity index (χ3v) is 5.15. The van der Waals surface area contributed by atoms with Crippen molar-refractivity contribution in [2.45, 2.75) is 32.2 Å². The first-order valence-electron chi connectivity index (χ1n) is 9.53. The summed E-state index contributed by atoms with van der Waals surface area (Å²) in [6.45, 7) is 3.22. The van der Waals surface area contributed by atoms with Crippen LogP contribution in [-0.4, -0.2) is 43.6 Å². The summed E-state index contributed by atoms with van der Waals surface area (Å²) in [7, 11) is 0. The molecule has 1 saturated heterocycles. The number of benzene rings is 1. The molecule has 3 aromatic rings. The van der Waals surface area contributed by atoms with Crippen LogP contribution < -0.4 is 5.56 Å². The minimum atomic E-state index is -0.148. The number of H-pyrrole nitrogens is 1. The average molecular weight is 377 g/mol. The quantitative estimate of drug-likeness (QED) is 0.756. The van der Waals surface area contributed by atoms with Gasteiger partial charge >= 0.3 is 0 Å². The second kappa shape index (κ2) is 7.80. The number of pyridine rings is 1. The lowest BCUT2D eigenvalue weighted by molar-refractivity contribution is -0.133. The summed E-state index contributed by atoms with van der Waals surface area (Å²) in [5.41, 5.74) is 1.71. The Labute approximate surface area is 163 Å². The minimum Gasteiger partial charge on any atom is -0.340 e. The van der Waals surface area contributed by atoms with Crippen LogP contribution in [0.2, 0.25) is 0 Å². The smallest absolute Gasteiger partial charge is 0.251 e. The lowest BCUT2D eigenvalue weighted by atomic mass is 9.97. The van der Waals surface area contributed by atoms with Gasteiger partial charge in [0.25, 0.3) is 5.56 Å². The van der Waals surface area contributed by atoms with Crippen LogP contribution in [-0.2, 0) is 11.3 Å². The molecule has 7 nitrogen and oxygen atoms in total. The summed E-state index contributed by atoms with van der Waals surface area (Å²) in [6, 6.07) is 13.2. The monoisotopic (exact) mass is 377 g/mol. The Morgan fingerprint density at radius 3 is 2.86 bits per heavy atom. The molecule has 1 amide bonds. The molecule has 1 atom stereocenters. The standard InChI is InChI=1S/C21H23N5O2/c1-15-9-11-26(18(27)12-15)14-19(28)25-10-5-8-17(13-25)21-22-20(23-24-21)16-6-3-2-4-7-16/h2-4,6-7,9,11-12,17H,5,8,10,13-14H2,1H3,(H,22,23,24)/t17-/m0/s1. The lowest BCUT2D eigenvalue weighted by Gasteiger charge is -2.31. The van der Waals surface area contributed by atoms with Gasteiger partial charge in [-0.05, 0) is 31.4 Å². The number of amides is 1. The van der Waals surface area contributed by atoms with Crippen molar-refractivity contribution in [3.05, 3.63) is 70.4 Å². The van der Waals surface area contributed by atoms with Crippen LogP contribution in [0.25, 0.3) is 11.4 Å². The first-order valence-corrected chi connectivity index (χ1v) is 9.53. The zero-order valence-corrected chi connectivity index (χ0v) is 15.8. The Balaban J connectivity index is 1.45. The molecule has 0 saturated carbocycles. The van der Waals surface area contributed by atoms with Gasteiger partial charge in [0.1, 0.15) is 12.4 Å². The van der Waals surface area contributed by atoms with Gasteiger partial charge in [-0.1, -0.05) is 30.3 Å². The van der Waals surface area contributed by atoms with E-state index in [1.807, 2.05) is 48.2 Å². The van der Waals surface area contributed by atoms with E-state index in [0.717, 1.165) is 29.8 Å². The van der Waals surface area contributed by atoms with Crippen LogP contribution in [0.5, 0.6) is 0 Å². The van der Waals surface area contributed by atoms with Gasteiger partial charge in [0.15, 0.2) is 5.82 Å². The van der Waals surface area contributed by atoms with Gasteiger partial charge in [0.2, 0.25) is 5.91 Å². The van der Waals surface area contributed by atoms with E-state index in [9.17, 15) is 9.59 Å². The average Bonchev–Trinajstić information content (AvgIpc) is 3.21. The highest BCUT2D eigenvalue weighted by Gasteiger charge is 2.27. The lowest BCUT2D eigenvalue weighted by Crippen LogP contribution is -2.42. The summed E-state index contributed by atoms with van der Waals surface area (Å²) >= 11 is 0. The van der Waals surface area contributed by atoms with Crippen LogP contribution >= 0.6 is 0 Å². The zero-order chi connectivity index (χ0) is 19.5. The third-order valence-electron chi connectivity index (χ3n) is 5.15. The minimum absolute atomic E-state index is 0.0431. The molecule has 0 radical (unpaired) electrons. The number of aromatic amines is 1. The number of hydrogen-bond acceptors (Lipinski definition) is 4. The van der Waals surface area contributed by atoms with Crippen molar-refractivity contribution in [1.82, 2.24) is 24.6 Å². The summed E-state index contributed by atoms with van der Waals surface area (Å²) in [6.07, 6.45) is 3.54. The molecular weight excluding hydrogens is 354 g/mol. The number of rotatable bonds is 4. The molecule has 1 fully saturated rings. The molecule has 0 aliphatic carbocycles. The van der Waals surface area contributed by atoms with Crippen LogP contribution in [0.15, 0.2) is 53.5 Å². The molecule has 0 spiro atoms. The number of hydrogen-bond donors (Lipinski definition) is 1. The summed E-state index contributed by atoms with van der Waals surface area (Å²) in [4.78, 5) is 31.2. The second-order valence-electron chi connectivity index (χ2n) is 7.26. The van der Waals surface area contributed by atoms with Crippen molar-refractivity contribution < 1.29 is 4.79 Å². The number of carbonyl (C=O) groups is 1. The van der Waals surface area contributed by atoms with Crippen LogP contribution in [0.1, 0.15) is 30.1 Å². The van der Waals surface area contributed by atoms with Crippen LogP contribution in [0, 0.1) is 6.92 Å². The number of piperidine rings is 1. The molecule has 1 aliphatic rings. The summed E-state index contributed by atoms with van der Waals surface area (Å²) in [5, 5.41) is 7.38. The fraction of sp³-hybridized carbons (Fsp3) is 0.333. The molecule has 0 bridgehead atoms. The molecule has 1 aliphatic heterocycles. The molecule has 1 N–H and O–H groups in total. The van der Waals surface area contributed by atoms with Gasteiger partial charge in [-0.15, -0.1) is 0 Å². The maximum Gasteiger partial charge on any atom is 0.251 e. The molecule has 1 aromatic carbocycles. The van der Waals surface area contributed by atoms with Gasteiger partial charge in [-0.2, -0.15) is 5.10 Å². The van der Waals surface area contributed by atoms with E-state index in [1.165, 1.54) is 4.57 Å². The predicted octanol–water partition coefficient (Wildman–Crippen LogP) is 2.35. The Bertz CT molecular complexity index is 1020. The van der Waals surface area contributed by atoms with Crippen molar-refractivity contribution in [2.24, 2.45) is 0 Å². The van der Waals surface area contributed by atoms with E-state index in [2.05, 4.69) is 15.2 Å². The van der Waals surface area contributed by atoms with Crippen molar-refractivity contribution in [3.63, 3.8) is 0 Å². The Morgan fingerprint density at radius 2 is 2.07 bits per heavy atom. The number of carbonyl (C=O) groups excluding carboxylic acids is 1. The number of aromatic nitrogens is 4. The van der Waals surface area contributed by atoms with Crippen molar-refractivity contribution in [2.75, 3.05) is 13.1 Å². The number of nitrogens with zero attached hydrogens (tertiary/aromatic N) is 4. The summed E-state index contributed by atoms with van der Waals surface area (Å²) in [5.74, 6) is 1.56.